The molecular weight excluding hydrogens is 524 g/mol. The third-order valence-corrected chi connectivity index (χ3v) is 6.58. The maximum absolute atomic E-state index is 12.1. The Morgan fingerprint density at radius 2 is 1.17 bits per heavy atom. The van der Waals surface area contributed by atoms with Crippen LogP contribution in [0.2, 0.25) is 0 Å². The number of hydrogen-bond acceptors (Lipinski definition) is 8. The van der Waals surface area contributed by atoms with Gasteiger partial charge in [0.2, 0.25) is 0 Å². The van der Waals surface area contributed by atoms with Crippen LogP contribution in [0, 0.1) is 13.8 Å². The topological polar surface area (TPSA) is 112 Å². The van der Waals surface area contributed by atoms with E-state index in [9.17, 15) is 19.8 Å². The number of aryl methyl sites for hydroxylation is 4. The molecule has 0 aliphatic carbocycles. The monoisotopic (exact) mass is 570 g/mol. The molecule has 41 heavy (non-hydrogen) atoms. The maximum atomic E-state index is 12.1. The summed E-state index contributed by atoms with van der Waals surface area (Å²) < 4.78 is 21.3. The van der Waals surface area contributed by atoms with E-state index in [1.54, 1.807) is 0 Å². The summed E-state index contributed by atoms with van der Waals surface area (Å²) in [5.41, 5.74) is 5.62. The van der Waals surface area contributed by atoms with Crippen LogP contribution in [0.5, 0.6) is 11.5 Å². The molecule has 2 rings (SSSR count). The lowest BCUT2D eigenvalue weighted by Crippen LogP contribution is -2.15. The molecule has 0 heterocycles. The smallest absolute Gasteiger partial charge is 0.306 e. The lowest BCUT2D eigenvalue weighted by Gasteiger charge is -2.22. The third-order valence-electron chi connectivity index (χ3n) is 6.58. The first-order valence-corrected chi connectivity index (χ1v) is 14.1. The number of hydrogen-bond donors (Lipinski definition) is 2. The number of phenolic OH excluding ortho intramolecular Hbond substituents is 2. The molecule has 2 aromatic carbocycles. The highest BCUT2D eigenvalue weighted by molar-refractivity contribution is 5.71. The number of carbonyl (C=O) groups excluding carboxylic acids is 2. The zero-order valence-electron chi connectivity index (χ0n) is 25.4. The SMILES string of the molecule is C=C(C)c1cc(CCC(=O)OCCOCCOCCOC(=O)CCc2cc(C)c(O)c(C(C)(C)C)c2)cc(C)c1O. The number of esters is 2. The van der Waals surface area contributed by atoms with Gasteiger partial charge in [-0.05, 0) is 78.5 Å². The zero-order chi connectivity index (χ0) is 30.6. The fourth-order valence-corrected chi connectivity index (χ4v) is 4.28. The second kappa shape index (κ2) is 16.2. The maximum Gasteiger partial charge on any atom is 0.306 e. The van der Waals surface area contributed by atoms with Crippen LogP contribution in [0.3, 0.4) is 0 Å². The van der Waals surface area contributed by atoms with Crippen molar-refractivity contribution in [2.75, 3.05) is 39.6 Å². The number of allylic oxidation sites excluding steroid dienone is 1. The number of rotatable bonds is 16. The average Bonchev–Trinajstić information content (AvgIpc) is 2.89. The molecule has 0 aliphatic heterocycles. The van der Waals surface area contributed by atoms with E-state index in [4.69, 9.17) is 18.9 Å². The van der Waals surface area contributed by atoms with Crippen molar-refractivity contribution in [1.29, 1.82) is 0 Å². The summed E-state index contributed by atoms with van der Waals surface area (Å²) in [7, 11) is 0. The zero-order valence-corrected chi connectivity index (χ0v) is 25.4. The number of carbonyl (C=O) groups is 2. The normalized spacial score (nSPS) is 11.4. The van der Waals surface area contributed by atoms with Crippen molar-refractivity contribution in [2.24, 2.45) is 0 Å². The van der Waals surface area contributed by atoms with Gasteiger partial charge in [-0.1, -0.05) is 45.5 Å². The molecule has 0 amide bonds. The lowest BCUT2D eigenvalue weighted by molar-refractivity contribution is -0.146. The summed E-state index contributed by atoms with van der Waals surface area (Å²) in [6.07, 6.45) is 1.52. The molecule has 0 saturated heterocycles. The van der Waals surface area contributed by atoms with Crippen molar-refractivity contribution in [3.63, 3.8) is 0 Å². The summed E-state index contributed by atoms with van der Waals surface area (Å²) in [5.74, 6) is -0.0884. The Morgan fingerprint density at radius 3 is 1.63 bits per heavy atom. The Balaban J connectivity index is 1.52. The Labute approximate surface area is 244 Å². The first-order valence-electron chi connectivity index (χ1n) is 14.1. The van der Waals surface area contributed by atoms with Crippen molar-refractivity contribution >= 4 is 17.5 Å². The summed E-state index contributed by atoms with van der Waals surface area (Å²) >= 11 is 0. The van der Waals surface area contributed by atoms with E-state index in [1.165, 1.54) is 0 Å². The Kier molecular flexibility index (Phi) is 13.4. The highest BCUT2D eigenvalue weighted by atomic mass is 16.6. The summed E-state index contributed by atoms with van der Waals surface area (Å²) in [6, 6.07) is 7.57. The fraction of sp³-hybridized carbons (Fsp3) is 0.515. The van der Waals surface area contributed by atoms with Crippen LogP contribution in [0.4, 0.5) is 0 Å². The van der Waals surface area contributed by atoms with Crippen LogP contribution >= 0.6 is 0 Å². The van der Waals surface area contributed by atoms with Crippen molar-refractivity contribution in [3.05, 3.63) is 64.2 Å². The molecule has 2 aromatic rings. The molecule has 0 unspecified atom stereocenters. The van der Waals surface area contributed by atoms with E-state index in [0.717, 1.165) is 33.4 Å². The summed E-state index contributed by atoms with van der Waals surface area (Å²) in [5, 5.41) is 20.5. The molecule has 0 aliphatic rings. The van der Waals surface area contributed by atoms with E-state index in [-0.39, 0.29) is 62.4 Å². The van der Waals surface area contributed by atoms with Gasteiger partial charge >= 0.3 is 11.9 Å². The van der Waals surface area contributed by atoms with Gasteiger partial charge < -0.3 is 29.2 Å². The van der Waals surface area contributed by atoms with Gasteiger partial charge in [0.1, 0.15) is 24.7 Å². The van der Waals surface area contributed by atoms with Crippen LogP contribution in [0.15, 0.2) is 30.8 Å². The molecule has 0 aromatic heterocycles. The van der Waals surface area contributed by atoms with Crippen LogP contribution in [-0.2, 0) is 46.8 Å². The lowest BCUT2D eigenvalue weighted by atomic mass is 9.83. The summed E-state index contributed by atoms with van der Waals surface area (Å²) in [6.45, 7) is 17.0. The van der Waals surface area contributed by atoms with E-state index in [1.807, 2.05) is 65.8 Å². The third kappa shape index (κ3) is 11.6. The standard InChI is InChI=1S/C33H46O8/c1-22(2)27-20-25(18-23(3)31(27)36)8-10-29(34)40-16-14-38-12-13-39-15-17-41-30(35)11-9-26-19-24(4)32(37)28(21-26)33(5,6)7/h18-21,36-37H,1,8-17H2,2-7H3. The molecule has 0 fully saturated rings. The highest BCUT2D eigenvalue weighted by Crippen LogP contribution is 2.34. The molecule has 0 saturated carbocycles. The van der Waals surface area contributed by atoms with Gasteiger partial charge in [-0.15, -0.1) is 0 Å². The number of benzene rings is 2. The van der Waals surface area contributed by atoms with Crippen LogP contribution in [0.25, 0.3) is 5.57 Å². The number of aromatic hydroxyl groups is 2. The Bertz CT molecular complexity index is 1190. The van der Waals surface area contributed by atoms with Crippen molar-refractivity contribution in [2.45, 2.75) is 72.6 Å². The number of ether oxygens (including phenoxy) is 4. The van der Waals surface area contributed by atoms with Crippen LogP contribution < -0.4 is 0 Å². The summed E-state index contributed by atoms with van der Waals surface area (Å²) in [4.78, 5) is 24.1. The molecule has 8 heteroatoms. The van der Waals surface area contributed by atoms with E-state index in [0.29, 0.717) is 37.4 Å². The van der Waals surface area contributed by atoms with Crippen molar-refractivity contribution in [1.82, 2.24) is 0 Å². The van der Waals surface area contributed by atoms with E-state index in [2.05, 4.69) is 6.58 Å². The van der Waals surface area contributed by atoms with Gasteiger partial charge in [0.15, 0.2) is 0 Å². The van der Waals surface area contributed by atoms with Crippen molar-refractivity contribution in [3.8, 4) is 11.5 Å². The van der Waals surface area contributed by atoms with E-state index < -0.39 is 0 Å². The molecule has 0 atom stereocenters. The van der Waals surface area contributed by atoms with Gasteiger partial charge in [0.25, 0.3) is 0 Å². The Morgan fingerprint density at radius 1 is 0.732 bits per heavy atom. The van der Waals surface area contributed by atoms with E-state index >= 15 is 0 Å². The predicted octanol–water partition coefficient (Wildman–Crippen LogP) is 5.73. The quantitative estimate of drug-likeness (QED) is 0.194. The minimum Gasteiger partial charge on any atom is -0.507 e. The van der Waals surface area contributed by atoms with Gasteiger partial charge in [-0.3, -0.25) is 9.59 Å². The second-order valence-corrected chi connectivity index (χ2v) is 11.3. The Hall–Kier alpha value is -3.36. The molecule has 0 radical (unpaired) electrons. The largest absolute Gasteiger partial charge is 0.507 e. The molecular formula is C33H46O8. The van der Waals surface area contributed by atoms with Gasteiger partial charge in [0, 0.05) is 18.4 Å². The first-order chi connectivity index (χ1) is 19.3. The molecule has 226 valence electrons. The molecule has 8 nitrogen and oxygen atoms in total. The van der Waals surface area contributed by atoms with Gasteiger partial charge in [-0.2, -0.15) is 0 Å². The molecule has 0 spiro atoms. The predicted molar refractivity (Wildman–Crippen MR) is 159 cm³/mol. The fourth-order valence-electron chi connectivity index (χ4n) is 4.28. The van der Waals surface area contributed by atoms with Crippen LogP contribution in [0.1, 0.15) is 73.9 Å². The van der Waals surface area contributed by atoms with Gasteiger partial charge in [-0.25, -0.2) is 0 Å². The van der Waals surface area contributed by atoms with Gasteiger partial charge in [0.05, 0.1) is 26.4 Å². The first kappa shape index (κ1) is 33.8. The van der Waals surface area contributed by atoms with Crippen molar-refractivity contribution < 1.29 is 38.7 Å². The minimum absolute atomic E-state index is 0.153. The minimum atomic E-state index is -0.315. The number of phenols is 2. The molecule has 2 N–H and O–H groups in total. The van der Waals surface area contributed by atoms with Crippen LogP contribution in [-0.4, -0.2) is 61.8 Å². The second-order valence-electron chi connectivity index (χ2n) is 11.3. The highest BCUT2D eigenvalue weighted by Gasteiger charge is 2.20. The average molecular weight is 571 g/mol. The molecule has 0 bridgehead atoms.